The van der Waals surface area contributed by atoms with Crippen molar-refractivity contribution >= 4 is 17.3 Å². The van der Waals surface area contributed by atoms with Crippen LogP contribution in [0.15, 0.2) is 42.7 Å². The van der Waals surface area contributed by atoms with Gasteiger partial charge in [-0.15, -0.1) is 0 Å². The lowest BCUT2D eigenvalue weighted by Crippen LogP contribution is -2.18. The maximum Gasteiger partial charge on any atom is 0.288 e. The number of hydrogen-bond donors (Lipinski definition) is 1. The van der Waals surface area contributed by atoms with E-state index in [1.165, 1.54) is 6.07 Å². The van der Waals surface area contributed by atoms with Crippen LogP contribution < -0.4 is 5.32 Å². The third kappa shape index (κ3) is 3.53. The van der Waals surface area contributed by atoms with Crippen LogP contribution in [0, 0.1) is 10.1 Å². The molecule has 0 radical (unpaired) electrons. The van der Waals surface area contributed by atoms with Crippen molar-refractivity contribution in [2.24, 2.45) is 0 Å². The lowest BCUT2D eigenvalue weighted by atomic mass is 10.1. The summed E-state index contributed by atoms with van der Waals surface area (Å²) in [6.07, 6.45) is 3.51. The van der Waals surface area contributed by atoms with Crippen molar-refractivity contribution in [2.45, 2.75) is 19.5 Å². The highest BCUT2D eigenvalue weighted by molar-refractivity contribution is 6.32. The van der Waals surface area contributed by atoms with E-state index in [1.54, 1.807) is 24.5 Å². The van der Waals surface area contributed by atoms with Crippen LogP contribution in [0.5, 0.6) is 0 Å². The molecule has 2 rings (SSSR count). The van der Waals surface area contributed by atoms with E-state index in [4.69, 9.17) is 11.6 Å². The molecule has 5 nitrogen and oxygen atoms in total. The minimum atomic E-state index is -0.476. The second kappa shape index (κ2) is 6.45. The van der Waals surface area contributed by atoms with Crippen molar-refractivity contribution in [1.29, 1.82) is 0 Å². The molecule has 1 aromatic heterocycles. The van der Waals surface area contributed by atoms with Gasteiger partial charge in [0, 0.05) is 31.0 Å². The van der Waals surface area contributed by atoms with E-state index < -0.39 is 4.92 Å². The minimum absolute atomic E-state index is 0.0694. The number of nitrogens with one attached hydrogen (secondary N) is 1. The topological polar surface area (TPSA) is 68.1 Å². The second-order valence-corrected chi connectivity index (χ2v) is 4.84. The van der Waals surface area contributed by atoms with Crippen LogP contribution in [0.3, 0.4) is 0 Å². The van der Waals surface area contributed by atoms with Crippen LogP contribution in [0.4, 0.5) is 5.69 Å². The average molecular weight is 292 g/mol. The quantitative estimate of drug-likeness (QED) is 0.676. The number of halogens is 1. The smallest absolute Gasteiger partial charge is 0.288 e. The third-order valence-corrected chi connectivity index (χ3v) is 3.32. The first-order chi connectivity index (χ1) is 9.58. The standard InChI is InChI=1S/C14H14ClN3O2/c1-10(12-3-2-6-16-9-12)17-8-11-4-5-13(15)14(7-11)18(19)20/h2-7,9-10,17H,8H2,1H3/t10-/m0/s1. The summed E-state index contributed by atoms with van der Waals surface area (Å²) in [5, 5.41) is 14.3. The van der Waals surface area contributed by atoms with E-state index in [9.17, 15) is 10.1 Å². The van der Waals surface area contributed by atoms with E-state index in [0.29, 0.717) is 6.54 Å². The fourth-order valence-electron chi connectivity index (χ4n) is 1.83. The Labute approximate surface area is 121 Å². The Morgan fingerprint density at radius 3 is 2.90 bits per heavy atom. The first-order valence-electron chi connectivity index (χ1n) is 6.14. The SMILES string of the molecule is C[C@H](NCc1ccc(Cl)c([N+](=O)[O-])c1)c1cccnc1. The fraction of sp³-hybridized carbons (Fsp3) is 0.214. The predicted molar refractivity (Wildman–Crippen MR) is 77.6 cm³/mol. The maximum atomic E-state index is 10.8. The van der Waals surface area contributed by atoms with Crippen LogP contribution in [-0.2, 0) is 6.54 Å². The highest BCUT2D eigenvalue weighted by Crippen LogP contribution is 2.25. The average Bonchev–Trinajstić information content (AvgIpc) is 2.46. The Hall–Kier alpha value is -1.98. The summed E-state index contributed by atoms with van der Waals surface area (Å²) in [6, 6.07) is 8.78. The zero-order chi connectivity index (χ0) is 14.5. The molecular weight excluding hydrogens is 278 g/mol. The normalized spacial score (nSPS) is 12.1. The molecule has 0 bridgehead atoms. The van der Waals surface area contributed by atoms with Crippen molar-refractivity contribution < 1.29 is 4.92 Å². The Morgan fingerprint density at radius 2 is 2.25 bits per heavy atom. The van der Waals surface area contributed by atoms with Crippen molar-refractivity contribution in [1.82, 2.24) is 10.3 Å². The molecular formula is C14H14ClN3O2. The van der Waals surface area contributed by atoms with Gasteiger partial charge in [0.1, 0.15) is 5.02 Å². The third-order valence-electron chi connectivity index (χ3n) is 3.00. The number of pyridine rings is 1. The molecule has 1 N–H and O–H groups in total. The molecule has 6 heteroatoms. The molecule has 0 saturated heterocycles. The first kappa shape index (κ1) is 14.4. The van der Waals surface area contributed by atoms with Gasteiger partial charge in [-0.05, 0) is 30.2 Å². The predicted octanol–water partition coefficient (Wildman–Crippen LogP) is 3.49. The van der Waals surface area contributed by atoms with Crippen molar-refractivity contribution in [2.75, 3.05) is 0 Å². The summed E-state index contributed by atoms with van der Waals surface area (Å²) in [6.45, 7) is 2.54. The molecule has 20 heavy (non-hydrogen) atoms. The van der Waals surface area contributed by atoms with E-state index in [1.807, 2.05) is 19.1 Å². The Kier molecular flexibility index (Phi) is 4.65. The number of benzene rings is 1. The zero-order valence-electron chi connectivity index (χ0n) is 10.9. The molecule has 0 unspecified atom stereocenters. The molecule has 0 aliphatic carbocycles. The number of nitro groups is 1. The van der Waals surface area contributed by atoms with Gasteiger partial charge in [-0.3, -0.25) is 15.1 Å². The van der Waals surface area contributed by atoms with Gasteiger partial charge in [-0.2, -0.15) is 0 Å². The van der Waals surface area contributed by atoms with Crippen LogP contribution in [0.25, 0.3) is 0 Å². The molecule has 0 amide bonds. The zero-order valence-corrected chi connectivity index (χ0v) is 11.7. The molecule has 0 fully saturated rings. The maximum absolute atomic E-state index is 10.8. The van der Waals surface area contributed by atoms with Gasteiger partial charge in [0.15, 0.2) is 0 Å². The Morgan fingerprint density at radius 1 is 1.45 bits per heavy atom. The highest BCUT2D eigenvalue weighted by Gasteiger charge is 2.13. The first-order valence-corrected chi connectivity index (χ1v) is 6.52. The van der Waals surface area contributed by atoms with Crippen molar-refractivity contribution in [3.8, 4) is 0 Å². The molecule has 0 spiro atoms. The number of nitro benzene ring substituents is 1. The summed E-state index contributed by atoms with van der Waals surface area (Å²) >= 11 is 5.78. The molecule has 0 aliphatic rings. The van der Waals surface area contributed by atoms with Crippen LogP contribution >= 0.6 is 11.6 Å². The molecule has 0 saturated carbocycles. The van der Waals surface area contributed by atoms with E-state index in [-0.39, 0.29) is 16.8 Å². The van der Waals surface area contributed by atoms with Gasteiger partial charge < -0.3 is 5.32 Å². The van der Waals surface area contributed by atoms with Gasteiger partial charge in [0.25, 0.3) is 5.69 Å². The number of hydrogen-bond acceptors (Lipinski definition) is 4. The second-order valence-electron chi connectivity index (χ2n) is 4.43. The van der Waals surface area contributed by atoms with Gasteiger partial charge in [0.2, 0.25) is 0 Å². The Balaban J connectivity index is 2.04. The lowest BCUT2D eigenvalue weighted by Gasteiger charge is -2.13. The minimum Gasteiger partial charge on any atom is -0.306 e. The fourth-order valence-corrected chi connectivity index (χ4v) is 2.02. The molecule has 0 aliphatic heterocycles. The van der Waals surface area contributed by atoms with E-state index >= 15 is 0 Å². The van der Waals surface area contributed by atoms with Gasteiger partial charge in [-0.25, -0.2) is 0 Å². The van der Waals surface area contributed by atoms with Crippen molar-refractivity contribution in [3.63, 3.8) is 0 Å². The van der Waals surface area contributed by atoms with Crippen LogP contribution in [0.1, 0.15) is 24.1 Å². The summed E-state index contributed by atoms with van der Waals surface area (Å²) in [5.74, 6) is 0. The molecule has 2 aromatic rings. The van der Waals surface area contributed by atoms with E-state index in [2.05, 4.69) is 10.3 Å². The summed E-state index contributed by atoms with van der Waals surface area (Å²) in [7, 11) is 0. The van der Waals surface area contributed by atoms with E-state index in [0.717, 1.165) is 11.1 Å². The highest BCUT2D eigenvalue weighted by atomic mass is 35.5. The number of aromatic nitrogens is 1. The number of nitrogens with zero attached hydrogens (tertiary/aromatic N) is 2. The molecule has 1 atom stereocenters. The lowest BCUT2D eigenvalue weighted by molar-refractivity contribution is -0.384. The van der Waals surface area contributed by atoms with Gasteiger partial charge in [-0.1, -0.05) is 23.7 Å². The number of rotatable bonds is 5. The monoisotopic (exact) mass is 291 g/mol. The summed E-state index contributed by atoms with van der Waals surface area (Å²) in [4.78, 5) is 14.4. The largest absolute Gasteiger partial charge is 0.306 e. The Bertz CT molecular complexity index is 605. The molecule has 1 heterocycles. The molecule has 1 aromatic carbocycles. The van der Waals surface area contributed by atoms with Gasteiger partial charge >= 0.3 is 0 Å². The molecule has 104 valence electrons. The summed E-state index contributed by atoms with van der Waals surface area (Å²) in [5.41, 5.74) is 1.81. The van der Waals surface area contributed by atoms with Crippen LogP contribution in [-0.4, -0.2) is 9.91 Å². The summed E-state index contributed by atoms with van der Waals surface area (Å²) < 4.78 is 0. The van der Waals surface area contributed by atoms with Gasteiger partial charge in [0.05, 0.1) is 4.92 Å². The van der Waals surface area contributed by atoms with Crippen molar-refractivity contribution in [3.05, 3.63) is 69.0 Å². The van der Waals surface area contributed by atoms with Crippen LogP contribution in [0.2, 0.25) is 5.02 Å².